The van der Waals surface area contributed by atoms with Crippen molar-refractivity contribution in [3.8, 4) is 0 Å². The molecule has 1 spiro atoms. The van der Waals surface area contributed by atoms with Gasteiger partial charge in [0.05, 0.1) is 5.41 Å². The summed E-state index contributed by atoms with van der Waals surface area (Å²) < 4.78 is 0. The minimum Gasteiger partial charge on any atom is -0.338 e. The van der Waals surface area contributed by atoms with Gasteiger partial charge < -0.3 is 4.90 Å². The zero-order chi connectivity index (χ0) is 11.7. The molecular formula is C15H19NO. The van der Waals surface area contributed by atoms with E-state index < -0.39 is 0 Å². The van der Waals surface area contributed by atoms with Crippen LogP contribution in [-0.2, 0) is 11.3 Å². The lowest BCUT2D eigenvalue weighted by atomic mass is 9.85. The van der Waals surface area contributed by atoms with E-state index in [0.717, 1.165) is 32.4 Å². The molecule has 0 N–H and O–H groups in total. The summed E-state index contributed by atoms with van der Waals surface area (Å²) in [6.45, 7) is 1.75. The third kappa shape index (κ3) is 1.86. The molecule has 0 atom stereocenters. The van der Waals surface area contributed by atoms with Gasteiger partial charge in [0, 0.05) is 13.1 Å². The number of likely N-dealkylation sites (tertiary alicyclic amines) is 1. The van der Waals surface area contributed by atoms with Crippen molar-refractivity contribution in [3.05, 3.63) is 35.9 Å². The van der Waals surface area contributed by atoms with Gasteiger partial charge in [0.1, 0.15) is 0 Å². The summed E-state index contributed by atoms with van der Waals surface area (Å²) in [6.07, 6.45) is 5.81. The van der Waals surface area contributed by atoms with Crippen LogP contribution >= 0.6 is 0 Å². The van der Waals surface area contributed by atoms with Crippen LogP contribution < -0.4 is 0 Å². The summed E-state index contributed by atoms with van der Waals surface area (Å²) in [4.78, 5) is 14.5. The highest BCUT2D eigenvalue weighted by atomic mass is 16.2. The molecule has 2 heteroatoms. The van der Waals surface area contributed by atoms with Crippen LogP contribution in [0.3, 0.4) is 0 Å². The van der Waals surface area contributed by atoms with E-state index in [0.29, 0.717) is 5.91 Å². The molecule has 0 unspecified atom stereocenters. The quantitative estimate of drug-likeness (QED) is 0.763. The molecule has 0 radical (unpaired) electrons. The molecule has 0 bridgehead atoms. The number of carbonyl (C=O) groups excluding carboxylic acids is 1. The Bertz CT molecular complexity index is 406. The first kappa shape index (κ1) is 10.8. The molecule has 1 saturated carbocycles. The highest BCUT2D eigenvalue weighted by Crippen LogP contribution is 2.46. The van der Waals surface area contributed by atoms with Crippen molar-refractivity contribution in [1.29, 1.82) is 0 Å². The molecule has 1 amide bonds. The van der Waals surface area contributed by atoms with Crippen molar-refractivity contribution in [2.45, 2.75) is 38.6 Å². The number of hydrogen-bond acceptors (Lipinski definition) is 1. The lowest BCUT2D eigenvalue weighted by molar-refractivity contribution is -0.136. The smallest absolute Gasteiger partial charge is 0.229 e. The van der Waals surface area contributed by atoms with E-state index in [1.165, 1.54) is 18.4 Å². The molecule has 2 aliphatic rings. The zero-order valence-corrected chi connectivity index (χ0v) is 10.2. The summed E-state index contributed by atoms with van der Waals surface area (Å²) >= 11 is 0. The van der Waals surface area contributed by atoms with Crippen LogP contribution in [0.1, 0.15) is 37.7 Å². The first-order valence-electron chi connectivity index (χ1n) is 6.64. The highest BCUT2D eigenvalue weighted by Gasteiger charge is 2.47. The second kappa shape index (κ2) is 4.17. The maximum Gasteiger partial charge on any atom is 0.229 e. The van der Waals surface area contributed by atoms with Gasteiger partial charge in [-0.3, -0.25) is 4.79 Å². The third-order valence-electron chi connectivity index (χ3n) is 4.38. The Morgan fingerprint density at radius 1 is 1.06 bits per heavy atom. The molecule has 1 aromatic carbocycles. The normalized spacial score (nSPS) is 22.6. The van der Waals surface area contributed by atoms with Crippen molar-refractivity contribution >= 4 is 5.91 Å². The summed E-state index contributed by atoms with van der Waals surface area (Å²) in [5, 5.41) is 0. The molecule has 1 aliphatic heterocycles. The number of rotatable bonds is 2. The van der Waals surface area contributed by atoms with Crippen LogP contribution in [0.5, 0.6) is 0 Å². The van der Waals surface area contributed by atoms with E-state index in [1.807, 2.05) is 18.2 Å². The molecule has 0 aromatic heterocycles. The topological polar surface area (TPSA) is 20.3 Å². The fourth-order valence-electron chi connectivity index (χ4n) is 3.36. The van der Waals surface area contributed by atoms with Gasteiger partial charge >= 0.3 is 0 Å². The molecular weight excluding hydrogens is 210 g/mol. The molecule has 1 aliphatic carbocycles. The Morgan fingerprint density at radius 3 is 2.47 bits per heavy atom. The van der Waals surface area contributed by atoms with E-state index in [4.69, 9.17) is 0 Å². The highest BCUT2D eigenvalue weighted by molar-refractivity contribution is 5.85. The first-order chi connectivity index (χ1) is 8.30. The van der Waals surface area contributed by atoms with Gasteiger partial charge in [0.2, 0.25) is 5.91 Å². The molecule has 17 heavy (non-hydrogen) atoms. The standard InChI is InChI=1S/C15H19NO/c17-14-15(8-4-5-9-15)10-11-16(14)12-13-6-2-1-3-7-13/h1-3,6-7H,4-5,8-12H2. The van der Waals surface area contributed by atoms with Crippen LogP contribution in [0.15, 0.2) is 30.3 Å². The van der Waals surface area contributed by atoms with Crippen LogP contribution in [-0.4, -0.2) is 17.4 Å². The number of benzene rings is 1. The van der Waals surface area contributed by atoms with Crippen LogP contribution in [0.4, 0.5) is 0 Å². The predicted molar refractivity (Wildman–Crippen MR) is 67.4 cm³/mol. The number of carbonyl (C=O) groups is 1. The van der Waals surface area contributed by atoms with Crippen molar-refractivity contribution in [3.63, 3.8) is 0 Å². The van der Waals surface area contributed by atoms with Gasteiger partial charge in [-0.25, -0.2) is 0 Å². The molecule has 1 saturated heterocycles. The van der Waals surface area contributed by atoms with Crippen LogP contribution in [0.25, 0.3) is 0 Å². The lowest BCUT2D eigenvalue weighted by Gasteiger charge is -2.22. The summed E-state index contributed by atoms with van der Waals surface area (Å²) in [5.74, 6) is 0.416. The molecule has 2 nitrogen and oxygen atoms in total. The summed E-state index contributed by atoms with van der Waals surface area (Å²) in [7, 11) is 0. The summed E-state index contributed by atoms with van der Waals surface area (Å²) in [5.41, 5.74) is 1.28. The molecule has 1 aromatic rings. The van der Waals surface area contributed by atoms with E-state index in [1.54, 1.807) is 0 Å². The van der Waals surface area contributed by atoms with Crippen LogP contribution in [0, 0.1) is 5.41 Å². The average Bonchev–Trinajstić information content (AvgIpc) is 2.95. The molecule has 1 heterocycles. The minimum absolute atomic E-state index is 0.0365. The van der Waals surface area contributed by atoms with Gasteiger partial charge in [0.15, 0.2) is 0 Å². The van der Waals surface area contributed by atoms with Gasteiger partial charge in [-0.05, 0) is 24.8 Å². The summed E-state index contributed by atoms with van der Waals surface area (Å²) in [6, 6.07) is 10.3. The number of amides is 1. The van der Waals surface area contributed by atoms with E-state index in [2.05, 4.69) is 17.0 Å². The maximum atomic E-state index is 12.5. The van der Waals surface area contributed by atoms with Crippen LogP contribution in [0.2, 0.25) is 0 Å². The molecule has 90 valence electrons. The predicted octanol–water partition coefficient (Wildman–Crippen LogP) is 2.98. The second-order valence-electron chi connectivity index (χ2n) is 5.45. The van der Waals surface area contributed by atoms with Gasteiger partial charge in [-0.1, -0.05) is 43.2 Å². The number of hydrogen-bond donors (Lipinski definition) is 0. The van der Waals surface area contributed by atoms with Crippen molar-refractivity contribution in [2.24, 2.45) is 5.41 Å². The monoisotopic (exact) mass is 229 g/mol. The van der Waals surface area contributed by atoms with E-state index >= 15 is 0 Å². The average molecular weight is 229 g/mol. The van der Waals surface area contributed by atoms with Crippen molar-refractivity contribution in [2.75, 3.05) is 6.54 Å². The van der Waals surface area contributed by atoms with E-state index in [-0.39, 0.29) is 5.41 Å². The lowest BCUT2D eigenvalue weighted by Crippen LogP contribution is -2.32. The Hall–Kier alpha value is -1.31. The zero-order valence-electron chi connectivity index (χ0n) is 10.2. The van der Waals surface area contributed by atoms with Gasteiger partial charge in [-0.15, -0.1) is 0 Å². The Kier molecular flexibility index (Phi) is 2.65. The first-order valence-corrected chi connectivity index (χ1v) is 6.64. The Labute approximate surface area is 103 Å². The Balaban J connectivity index is 1.72. The number of nitrogens with zero attached hydrogens (tertiary/aromatic N) is 1. The SMILES string of the molecule is O=C1N(Cc2ccccc2)CCC12CCCC2. The second-order valence-corrected chi connectivity index (χ2v) is 5.45. The fourth-order valence-corrected chi connectivity index (χ4v) is 3.36. The van der Waals surface area contributed by atoms with Gasteiger partial charge in [-0.2, -0.15) is 0 Å². The molecule has 2 fully saturated rings. The maximum absolute atomic E-state index is 12.5. The van der Waals surface area contributed by atoms with Crippen molar-refractivity contribution in [1.82, 2.24) is 4.90 Å². The Morgan fingerprint density at radius 2 is 1.76 bits per heavy atom. The van der Waals surface area contributed by atoms with E-state index in [9.17, 15) is 4.79 Å². The minimum atomic E-state index is 0.0365. The fraction of sp³-hybridized carbons (Fsp3) is 0.533. The van der Waals surface area contributed by atoms with Gasteiger partial charge in [0.25, 0.3) is 0 Å². The third-order valence-corrected chi connectivity index (χ3v) is 4.38. The van der Waals surface area contributed by atoms with Crippen molar-refractivity contribution < 1.29 is 4.79 Å². The molecule has 3 rings (SSSR count). The largest absolute Gasteiger partial charge is 0.338 e.